The first-order valence-electron chi connectivity index (χ1n) is 6.81. The molecule has 0 radical (unpaired) electrons. The molecule has 1 aliphatic carbocycles. The number of carbonyl (C=O) groups excluding carboxylic acids is 1. The van der Waals surface area contributed by atoms with Crippen molar-refractivity contribution in [3.63, 3.8) is 0 Å². The van der Waals surface area contributed by atoms with Crippen molar-refractivity contribution < 1.29 is 18.3 Å². The molecular formula is C17H14F2O2. The average molecular weight is 288 g/mol. The maximum Gasteiger partial charge on any atom is 0.195 e. The Labute approximate surface area is 121 Å². The van der Waals surface area contributed by atoms with Crippen LogP contribution < -0.4 is 4.74 Å². The second kappa shape index (κ2) is 5.28. The van der Waals surface area contributed by atoms with Gasteiger partial charge in [0.2, 0.25) is 0 Å². The van der Waals surface area contributed by atoms with Gasteiger partial charge < -0.3 is 4.74 Å². The number of rotatable bonds is 4. The molecule has 3 rings (SSSR count). The summed E-state index contributed by atoms with van der Waals surface area (Å²) in [5.74, 6) is -1.27. The number of carbonyl (C=O) groups is 1. The highest BCUT2D eigenvalue weighted by Gasteiger charge is 2.23. The number of hydrogen-bond donors (Lipinski definition) is 0. The maximum absolute atomic E-state index is 13.7. The minimum Gasteiger partial charge on any atom is -0.490 e. The fourth-order valence-electron chi connectivity index (χ4n) is 2.05. The third-order valence-electron chi connectivity index (χ3n) is 3.44. The highest BCUT2D eigenvalue weighted by molar-refractivity contribution is 6.09. The molecule has 0 bridgehead atoms. The van der Waals surface area contributed by atoms with Crippen LogP contribution >= 0.6 is 0 Å². The van der Waals surface area contributed by atoms with E-state index >= 15 is 0 Å². The summed E-state index contributed by atoms with van der Waals surface area (Å²) in [7, 11) is 0. The summed E-state index contributed by atoms with van der Waals surface area (Å²) >= 11 is 0. The van der Waals surface area contributed by atoms with Crippen LogP contribution in [0.1, 0.15) is 34.3 Å². The summed E-state index contributed by atoms with van der Waals surface area (Å²) in [5.41, 5.74) is 0.473. The Morgan fingerprint density at radius 2 is 1.76 bits per heavy atom. The molecule has 4 heteroatoms. The minimum atomic E-state index is -0.846. The van der Waals surface area contributed by atoms with E-state index in [1.807, 2.05) is 0 Å². The summed E-state index contributed by atoms with van der Waals surface area (Å²) in [5, 5.41) is 0. The Bertz CT molecular complexity index is 689. The fraction of sp³-hybridized carbons (Fsp3) is 0.235. The molecule has 0 heterocycles. The first kappa shape index (κ1) is 13.7. The van der Waals surface area contributed by atoms with Crippen molar-refractivity contribution in [2.24, 2.45) is 0 Å². The van der Waals surface area contributed by atoms with Crippen molar-refractivity contribution in [1.29, 1.82) is 0 Å². The van der Waals surface area contributed by atoms with Crippen LogP contribution in [0.2, 0.25) is 0 Å². The molecule has 1 fully saturated rings. The van der Waals surface area contributed by atoms with Crippen molar-refractivity contribution in [2.75, 3.05) is 0 Å². The van der Waals surface area contributed by atoms with Gasteiger partial charge in [-0.15, -0.1) is 0 Å². The third-order valence-corrected chi connectivity index (χ3v) is 3.44. The summed E-state index contributed by atoms with van der Waals surface area (Å²) < 4.78 is 32.6. The van der Waals surface area contributed by atoms with Gasteiger partial charge in [-0.2, -0.15) is 0 Å². The van der Waals surface area contributed by atoms with Gasteiger partial charge in [-0.25, -0.2) is 8.78 Å². The lowest BCUT2D eigenvalue weighted by molar-refractivity contribution is 0.103. The molecule has 0 N–H and O–H groups in total. The van der Waals surface area contributed by atoms with Gasteiger partial charge in [-0.3, -0.25) is 4.79 Å². The van der Waals surface area contributed by atoms with Crippen LogP contribution in [-0.2, 0) is 0 Å². The number of benzene rings is 2. The zero-order valence-electron chi connectivity index (χ0n) is 11.5. The first-order valence-corrected chi connectivity index (χ1v) is 6.81. The molecule has 108 valence electrons. The quantitative estimate of drug-likeness (QED) is 0.793. The SMILES string of the molecule is Cc1cc(C(=O)c2ccc(OC3CC3)cc2)c(F)cc1F. The highest BCUT2D eigenvalue weighted by atomic mass is 19.1. The molecule has 0 aliphatic heterocycles. The second-order valence-electron chi connectivity index (χ2n) is 5.25. The van der Waals surface area contributed by atoms with Crippen molar-refractivity contribution >= 4 is 5.78 Å². The van der Waals surface area contributed by atoms with E-state index in [0.717, 1.165) is 18.9 Å². The molecule has 0 saturated heterocycles. The number of hydrogen-bond acceptors (Lipinski definition) is 2. The lowest BCUT2D eigenvalue weighted by atomic mass is 10.0. The van der Waals surface area contributed by atoms with E-state index in [1.165, 1.54) is 13.0 Å². The van der Waals surface area contributed by atoms with E-state index in [4.69, 9.17) is 4.74 Å². The maximum atomic E-state index is 13.7. The van der Waals surface area contributed by atoms with Gasteiger partial charge in [0, 0.05) is 11.6 Å². The fourth-order valence-corrected chi connectivity index (χ4v) is 2.05. The Morgan fingerprint density at radius 1 is 1.10 bits per heavy atom. The number of halogens is 2. The van der Waals surface area contributed by atoms with Gasteiger partial charge in [-0.1, -0.05) is 0 Å². The predicted molar refractivity (Wildman–Crippen MR) is 74.6 cm³/mol. The van der Waals surface area contributed by atoms with E-state index in [2.05, 4.69) is 0 Å². The van der Waals surface area contributed by atoms with Gasteiger partial charge in [0.25, 0.3) is 0 Å². The van der Waals surface area contributed by atoms with Gasteiger partial charge >= 0.3 is 0 Å². The topological polar surface area (TPSA) is 26.3 Å². The molecule has 2 nitrogen and oxygen atoms in total. The molecule has 0 atom stereocenters. The van der Waals surface area contributed by atoms with Crippen LogP contribution in [0.25, 0.3) is 0 Å². The predicted octanol–water partition coefficient (Wildman–Crippen LogP) is 4.05. The third kappa shape index (κ3) is 2.94. The van der Waals surface area contributed by atoms with Crippen LogP contribution in [0.3, 0.4) is 0 Å². The zero-order valence-corrected chi connectivity index (χ0v) is 11.5. The van der Waals surface area contributed by atoms with E-state index < -0.39 is 17.4 Å². The molecule has 0 unspecified atom stereocenters. The highest BCUT2D eigenvalue weighted by Crippen LogP contribution is 2.27. The van der Waals surface area contributed by atoms with Crippen LogP contribution in [-0.4, -0.2) is 11.9 Å². The Balaban J connectivity index is 1.85. The van der Waals surface area contributed by atoms with Crippen LogP contribution in [0.5, 0.6) is 5.75 Å². The summed E-state index contributed by atoms with van der Waals surface area (Å²) in [4.78, 5) is 12.3. The lowest BCUT2D eigenvalue weighted by Gasteiger charge is -2.07. The average Bonchev–Trinajstić information content (AvgIpc) is 3.27. The minimum absolute atomic E-state index is 0.121. The van der Waals surface area contributed by atoms with Crippen molar-refractivity contribution in [1.82, 2.24) is 0 Å². The Hall–Kier alpha value is -2.23. The van der Waals surface area contributed by atoms with E-state index in [1.54, 1.807) is 24.3 Å². The van der Waals surface area contributed by atoms with Gasteiger partial charge in [0.1, 0.15) is 17.4 Å². The molecule has 2 aromatic carbocycles. The molecule has 1 aliphatic rings. The standard InChI is InChI=1S/C17H14F2O2/c1-10-8-14(16(19)9-15(10)18)17(20)11-2-4-12(5-3-11)21-13-6-7-13/h2-5,8-9,13H,6-7H2,1H3. The molecular weight excluding hydrogens is 274 g/mol. The van der Waals surface area contributed by atoms with Crippen LogP contribution in [0.15, 0.2) is 36.4 Å². The number of ether oxygens (including phenoxy) is 1. The van der Waals surface area contributed by atoms with E-state index in [0.29, 0.717) is 11.3 Å². The van der Waals surface area contributed by atoms with Crippen molar-refractivity contribution in [3.8, 4) is 5.75 Å². The Morgan fingerprint density at radius 3 is 2.38 bits per heavy atom. The summed E-state index contributed by atoms with van der Waals surface area (Å²) in [6.07, 6.45) is 2.39. The normalized spacial score (nSPS) is 14.0. The second-order valence-corrected chi connectivity index (χ2v) is 5.25. The molecule has 2 aromatic rings. The van der Waals surface area contributed by atoms with E-state index in [-0.39, 0.29) is 17.2 Å². The number of ketones is 1. The molecule has 1 saturated carbocycles. The lowest BCUT2D eigenvalue weighted by Crippen LogP contribution is -2.06. The van der Waals surface area contributed by atoms with Crippen molar-refractivity contribution in [3.05, 3.63) is 64.7 Å². The monoisotopic (exact) mass is 288 g/mol. The molecule has 0 spiro atoms. The summed E-state index contributed by atoms with van der Waals surface area (Å²) in [6, 6.07) is 8.56. The Kier molecular flexibility index (Phi) is 3.45. The zero-order chi connectivity index (χ0) is 15.0. The van der Waals surface area contributed by atoms with Gasteiger partial charge in [-0.05, 0) is 55.7 Å². The molecule has 0 aromatic heterocycles. The summed E-state index contributed by atoms with van der Waals surface area (Å²) in [6.45, 7) is 1.50. The molecule has 0 amide bonds. The van der Waals surface area contributed by atoms with Gasteiger partial charge in [0.15, 0.2) is 5.78 Å². The largest absolute Gasteiger partial charge is 0.490 e. The van der Waals surface area contributed by atoms with Gasteiger partial charge in [0.05, 0.1) is 11.7 Å². The number of aryl methyl sites for hydroxylation is 1. The van der Waals surface area contributed by atoms with Crippen LogP contribution in [0, 0.1) is 18.6 Å². The van der Waals surface area contributed by atoms with E-state index in [9.17, 15) is 13.6 Å². The van der Waals surface area contributed by atoms with Crippen LogP contribution in [0.4, 0.5) is 8.78 Å². The first-order chi connectivity index (χ1) is 10.0. The smallest absolute Gasteiger partial charge is 0.195 e. The van der Waals surface area contributed by atoms with Crippen molar-refractivity contribution in [2.45, 2.75) is 25.9 Å². The molecule has 21 heavy (non-hydrogen) atoms.